The van der Waals surface area contributed by atoms with Crippen LogP contribution in [0.4, 0.5) is 5.69 Å². The van der Waals surface area contributed by atoms with Gasteiger partial charge in [0, 0.05) is 5.69 Å². The molecule has 0 fully saturated rings. The number of sulfone groups is 1. The average molecular weight is 317 g/mol. The lowest BCUT2D eigenvalue weighted by atomic mass is 9.87. The Morgan fingerprint density at radius 2 is 1.23 bits per heavy atom. The fourth-order valence-electron chi connectivity index (χ4n) is 2.27. The summed E-state index contributed by atoms with van der Waals surface area (Å²) in [4.78, 5) is 0. The maximum atomic E-state index is 12.3. The molecule has 0 heterocycles. The van der Waals surface area contributed by atoms with Crippen LogP contribution in [0.2, 0.25) is 0 Å². The lowest BCUT2D eigenvalue weighted by molar-refractivity contribution is 0.589. The Balaban J connectivity index is 2.10. The normalized spacial score (nSPS) is 12.3. The molecule has 0 saturated heterocycles. The third-order valence-electron chi connectivity index (χ3n) is 3.57. The van der Waals surface area contributed by atoms with Crippen molar-refractivity contribution in [3.63, 3.8) is 0 Å². The Bertz CT molecular complexity index is 724. The van der Waals surface area contributed by atoms with E-state index in [0.29, 0.717) is 5.69 Å². The second-order valence-corrected chi connectivity index (χ2v) is 8.79. The van der Waals surface area contributed by atoms with Crippen molar-refractivity contribution in [2.24, 2.45) is 0 Å². The molecule has 0 unspecified atom stereocenters. The van der Waals surface area contributed by atoms with Gasteiger partial charge in [-0.15, -0.1) is 0 Å². The lowest BCUT2D eigenvalue weighted by Crippen LogP contribution is -2.11. The monoisotopic (exact) mass is 317 g/mol. The molecule has 2 aromatic rings. The molecule has 3 nitrogen and oxygen atoms in total. The number of rotatable bonds is 4. The van der Waals surface area contributed by atoms with Gasteiger partial charge in [-0.1, -0.05) is 57.2 Å². The third-order valence-corrected chi connectivity index (χ3v) is 5.12. The van der Waals surface area contributed by atoms with Gasteiger partial charge in [-0.2, -0.15) is 0 Å². The fraction of sp³-hybridized carbons (Fsp3) is 0.333. The molecule has 0 aromatic heterocycles. The summed E-state index contributed by atoms with van der Waals surface area (Å²) >= 11 is 0. The van der Waals surface area contributed by atoms with Crippen molar-refractivity contribution in [3.8, 4) is 0 Å². The standard InChI is InChI=1S/C18H23NO2S/c1-18(2,3)16-8-4-14(5-9-16)12-22(20,21)13-15-6-10-17(19)11-7-15/h4-11H,12-13,19H2,1-3H3. The molecular weight excluding hydrogens is 294 g/mol. The maximum Gasteiger partial charge on any atom is 0.158 e. The number of anilines is 1. The Labute approximate surface area is 133 Å². The van der Waals surface area contributed by atoms with E-state index in [1.54, 1.807) is 24.3 Å². The lowest BCUT2D eigenvalue weighted by Gasteiger charge is -2.19. The first kappa shape index (κ1) is 16.6. The smallest absolute Gasteiger partial charge is 0.158 e. The number of benzene rings is 2. The molecule has 0 saturated carbocycles. The van der Waals surface area contributed by atoms with Gasteiger partial charge >= 0.3 is 0 Å². The fourth-order valence-corrected chi connectivity index (χ4v) is 3.78. The highest BCUT2D eigenvalue weighted by Gasteiger charge is 2.16. The molecule has 0 aliphatic carbocycles. The van der Waals surface area contributed by atoms with E-state index < -0.39 is 9.84 Å². The van der Waals surface area contributed by atoms with E-state index in [-0.39, 0.29) is 16.9 Å². The molecule has 0 aliphatic rings. The van der Waals surface area contributed by atoms with Gasteiger partial charge < -0.3 is 5.73 Å². The second-order valence-electron chi connectivity index (χ2n) is 6.72. The largest absolute Gasteiger partial charge is 0.399 e. The van der Waals surface area contributed by atoms with Crippen molar-refractivity contribution in [2.45, 2.75) is 37.7 Å². The van der Waals surface area contributed by atoms with Crippen LogP contribution in [0.5, 0.6) is 0 Å². The molecule has 0 aliphatic heterocycles. The van der Waals surface area contributed by atoms with E-state index in [0.717, 1.165) is 11.1 Å². The van der Waals surface area contributed by atoms with E-state index >= 15 is 0 Å². The van der Waals surface area contributed by atoms with Crippen LogP contribution < -0.4 is 5.73 Å². The van der Waals surface area contributed by atoms with Gasteiger partial charge in [0.15, 0.2) is 9.84 Å². The first-order valence-electron chi connectivity index (χ1n) is 7.30. The zero-order valence-corrected chi connectivity index (χ0v) is 14.2. The summed E-state index contributed by atoms with van der Waals surface area (Å²) in [6.07, 6.45) is 0. The minimum Gasteiger partial charge on any atom is -0.399 e. The molecule has 0 amide bonds. The molecule has 0 radical (unpaired) electrons. The minimum absolute atomic E-state index is 0.0360. The van der Waals surface area contributed by atoms with Gasteiger partial charge in [0.25, 0.3) is 0 Å². The summed E-state index contributed by atoms with van der Waals surface area (Å²) in [5.74, 6) is 0.0934. The molecule has 0 atom stereocenters. The van der Waals surface area contributed by atoms with Crippen LogP contribution in [-0.4, -0.2) is 8.42 Å². The Morgan fingerprint density at radius 1 is 0.818 bits per heavy atom. The van der Waals surface area contributed by atoms with Gasteiger partial charge in [0.2, 0.25) is 0 Å². The van der Waals surface area contributed by atoms with Crippen LogP contribution in [0.25, 0.3) is 0 Å². The van der Waals surface area contributed by atoms with Gasteiger partial charge in [-0.05, 0) is 34.2 Å². The zero-order chi connectivity index (χ0) is 16.4. The Hall–Kier alpha value is -1.81. The molecule has 118 valence electrons. The Morgan fingerprint density at radius 3 is 1.64 bits per heavy atom. The quantitative estimate of drug-likeness (QED) is 0.875. The van der Waals surface area contributed by atoms with Crippen LogP contribution in [0.3, 0.4) is 0 Å². The van der Waals surface area contributed by atoms with Gasteiger partial charge in [0.1, 0.15) is 0 Å². The SMILES string of the molecule is CC(C)(C)c1ccc(CS(=O)(=O)Cc2ccc(N)cc2)cc1. The highest BCUT2D eigenvalue weighted by atomic mass is 32.2. The van der Waals surface area contributed by atoms with Crippen molar-refractivity contribution in [2.75, 3.05) is 5.73 Å². The molecular formula is C18H23NO2S. The average Bonchev–Trinajstić information content (AvgIpc) is 2.40. The molecule has 2 rings (SSSR count). The van der Waals surface area contributed by atoms with Crippen molar-refractivity contribution >= 4 is 15.5 Å². The molecule has 2 N–H and O–H groups in total. The predicted octanol–water partition coefficient (Wildman–Crippen LogP) is 3.68. The first-order chi connectivity index (χ1) is 10.2. The van der Waals surface area contributed by atoms with Crippen molar-refractivity contribution < 1.29 is 8.42 Å². The van der Waals surface area contributed by atoms with Gasteiger partial charge in [-0.25, -0.2) is 8.42 Å². The summed E-state index contributed by atoms with van der Waals surface area (Å²) in [5.41, 5.74) is 9.11. The highest BCUT2D eigenvalue weighted by molar-refractivity contribution is 7.89. The van der Waals surface area contributed by atoms with Crippen LogP contribution in [0.15, 0.2) is 48.5 Å². The van der Waals surface area contributed by atoms with Crippen LogP contribution in [0.1, 0.15) is 37.5 Å². The molecule has 2 aromatic carbocycles. The summed E-state index contributed by atoms with van der Waals surface area (Å²) < 4.78 is 24.6. The number of nitrogen functional groups attached to an aromatic ring is 1. The number of hydrogen-bond donors (Lipinski definition) is 1. The van der Waals surface area contributed by atoms with Gasteiger partial charge in [-0.3, -0.25) is 0 Å². The third kappa shape index (κ3) is 4.60. The van der Waals surface area contributed by atoms with Crippen molar-refractivity contribution in [1.29, 1.82) is 0 Å². The van der Waals surface area contributed by atoms with Crippen LogP contribution in [0, 0.1) is 0 Å². The first-order valence-corrected chi connectivity index (χ1v) is 9.12. The summed E-state index contributed by atoms with van der Waals surface area (Å²) in [6.45, 7) is 6.42. The highest BCUT2D eigenvalue weighted by Crippen LogP contribution is 2.23. The van der Waals surface area contributed by atoms with E-state index in [4.69, 9.17) is 5.73 Å². The van der Waals surface area contributed by atoms with Crippen molar-refractivity contribution in [1.82, 2.24) is 0 Å². The van der Waals surface area contributed by atoms with E-state index in [2.05, 4.69) is 20.8 Å². The summed E-state index contributed by atoms with van der Waals surface area (Å²) in [6, 6.07) is 14.8. The summed E-state index contributed by atoms with van der Waals surface area (Å²) in [7, 11) is -3.19. The summed E-state index contributed by atoms with van der Waals surface area (Å²) in [5, 5.41) is 0. The van der Waals surface area contributed by atoms with E-state index in [9.17, 15) is 8.42 Å². The Kier molecular flexibility index (Phi) is 4.61. The number of hydrogen-bond acceptors (Lipinski definition) is 3. The van der Waals surface area contributed by atoms with E-state index in [1.165, 1.54) is 5.56 Å². The molecule has 22 heavy (non-hydrogen) atoms. The van der Waals surface area contributed by atoms with Crippen molar-refractivity contribution in [3.05, 3.63) is 65.2 Å². The number of nitrogens with two attached hydrogens (primary N) is 1. The van der Waals surface area contributed by atoms with Gasteiger partial charge in [0.05, 0.1) is 11.5 Å². The predicted molar refractivity (Wildman–Crippen MR) is 92.3 cm³/mol. The zero-order valence-electron chi connectivity index (χ0n) is 13.3. The maximum absolute atomic E-state index is 12.3. The minimum atomic E-state index is -3.19. The molecule has 4 heteroatoms. The molecule has 0 spiro atoms. The van der Waals surface area contributed by atoms with E-state index in [1.807, 2.05) is 24.3 Å². The van der Waals surface area contributed by atoms with Crippen LogP contribution >= 0.6 is 0 Å². The topological polar surface area (TPSA) is 60.2 Å². The second kappa shape index (κ2) is 6.13. The molecule has 0 bridgehead atoms. The van der Waals surface area contributed by atoms with Crippen LogP contribution in [-0.2, 0) is 26.8 Å².